The predicted molar refractivity (Wildman–Crippen MR) is 104 cm³/mol. The third kappa shape index (κ3) is 2.56. The Bertz CT molecular complexity index is 748. The van der Waals surface area contributed by atoms with Crippen molar-refractivity contribution in [3.63, 3.8) is 0 Å². The van der Waals surface area contributed by atoms with E-state index in [0.717, 1.165) is 12.0 Å². The number of benzene rings is 2. The van der Waals surface area contributed by atoms with Crippen LogP contribution in [0.2, 0.25) is 0 Å². The highest BCUT2D eigenvalue weighted by Gasteiger charge is 2.54. The zero-order valence-corrected chi connectivity index (χ0v) is 15.7. The van der Waals surface area contributed by atoms with Crippen LogP contribution in [0.4, 0.5) is 0 Å². The van der Waals surface area contributed by atoms with Crippen LogP contribution in [0.25, 0.3) is 0 Å². The van der Waals surface area contributed by atoms with Crippen molar-refractivity contribution in [3.05, 3.63) is 71.3 Å². The highest BCUT2D eigenvalue weighted by molar-refractivity contribution is 5.39. The van der Waals surface area contributed by atoms with Crippen LogP contribution < -0.4 is 0 Å². The molecule has 2 aromatic rings. The van der Waals surface area contributed by atoms with Crippen LogP contribution in [0.1, 0.15) is 62.8 Å². The van der Waals surface area contributed by atoms with Gasteiger partial charge in [-0.3, -0.25) is 0 Å². The van der Waals surface area contributed by atoms with E-state index in [-0.39, 0.29) is 16.9 Å². The minimum Gasteiger partial charge on any atom is -0.388 e. The summed E-state index contributed by atoms with van der Waals surface area (Å²) >= 11 is 0. The lowest BCUT2D eigenvalue weighted by Crippen LogP contribution is -2.53. The molecule has 132 valence electrons. The molecule has 1 N–H and O–H groups in total. The van der Waals surface area contributed by atoms with Gasteiger partial charge in [-0.05, 0) is 65.0 Å². The first-order valence-electron chi connectivity index (χ1n) is 9.76. The molecule has 2 aliphatic rings. The normalized spacial score (nSPS) is 31.7. The highest BCUT2D eigenvalue weighted by Crippen LogP contribution is 2.61. The zero-order chi connectivity index (χ0) is 17.7. The topological polar surface area (TPSA) is 20.2 Å². The minimum absolute atomic E-state index is 0.121. The quantitative estimate of drug-likeness (QED) is 0.749. The molecule has 0 bridgehead atoms. The first kappa shape index (κ1) is 16.8. The summed E-state index contributed by atoms with van der Waals surface area (Å²) in [5.41, 5.74) is 4.53. The fourth-order valence-corrected chi connectivity index (χ4v) is 6.14. The van der Waals surface area contributed by atoms with Crippen molar-refractivity contribution in [1.29, 1.82) is 0 Å². The van der Waals surface area contributed by atoms with Gasteiger partial charge in [0.1, 0.15) is 0 Å². The summed E-state index contributed by atoms with van der Waals surface area (Å²) in [6, 6.07) is 19.3. The molecular weight excluding hydrogens is 304 g/mol. The van der Waals surface area contributed by atoms with E-state index < -0.39 is 0 Å². The van der Waals surface area contributed by atoms with Crippen molar-refractivity contribution in [2.24, 2.45) is 17.3 Å². The monoisotopic (exact) mass is 334 g/mol. The Balaban J connectivity index is 1.70. The van der Waals surface area contributed by atoms with Gasteiger partial charge in [0.25, 0.3) is 0 Å². The summed E-state index contributed by atoms with van der Waals surface area (Å²) < 4.78 is 0. The maximum absolute atomic E-state index is 11.2. The lowest BCUT2D eigenvalue weighted by molar-refractivity contribution is -0.0726. The van der Waals surface area contributed by atoms with E-state index in [4.69, 9.17) is 0 Å². The highest BCUT2D eigenvalue weighted by atomic mass is 16.3. The van der Waals surface area contributed by atoms with E-state index in [1.54, 1.807) is 11.1 Å². The van der Waals surface area contributed by atoms with Gasteiger partial charge in [-0.25, -0.2) is 0 Å². The fraction of sp³-hybridized carbons (Fsp3) is 0.500. The summed E-state index contributed by atoms with van der Waals surface area (Å²) in [7, 11) is 0. The number of hydrogen-bond donors (Lipinski definition) is 1. The van der Waals surface area contributed by atoms with E-state index >= 15 is 0 Å². The third-order valence-corrected chi connectivity index (χ3v) is 7.45. The average Bonchev–Trinajstić information content (AvgIpc) is 2.62. The molecule has 1 fully saturated rings. The maximum atomic E-state index is 11.2. The Morgan fingerprint density at radius 3 is 2.36 bits per heavy atom. The first-order valence-corrected chi connectivity index (χ1v) is 9.76. The minimum atomic E-state index is -0.363. The summed E-state index contributed by atoms with van der Waals surface area (Å²) in [6.07, 6.45) is 4.31. The molecule has 1 nitrogen and oxygen atoms in total. The smallest absolute Gasteiger partial charge is 0.0823 e. The van der Waals surface area contributed by atoms with E-state index in [1.165, 1.54) is 19.3 Å². The van der Waals surface area contributed by atoms with Crippen molar-refractivity contribution in [3.8, 4) is 0 Å². The molecule has 0 aliphatic heterocycles. The lowest BCUT2D eigenvalue weighted by atomic mass is 9.46. The molecule has 0 aromatic heterocycles. The lowest BCUT2D eigenvalue weighted by Gasteiger charge is -2.58. The molecule has 1 heteroatoms. The number of fused-ring (bicyclic) bond motifs is 3. The van der Waals surface area contributed by atoms with Crippen molar-refractivity contribution in [2.75, 3.05) is 0 Å². The molecule has 2 aromatic carbocycles. The Morgan fingerprint density at radius 1 is 0.920 bits per heavy atom. The SMILES string of the molecule is CC1(C)[C@@H]([C@@H](O)c2ccccc2)CC[C@]2(C)c3ccccc3CC[C@@H]12. The second-order valence-corrected chi connectivity index (χ2v) is 8.99. The van der Waals surface area contributed by atoms with Crippen molar-refractivity contribution < 1.29 is 5.11 Å². The van der Waals surface area contributed by atoms with E-state index in [2.05, 4.69) is 57.2 Å². The Kier molecular flexibility index (Phi) is 4.03. The average molecular weight is 335 g/mol. The molecule has 0 radical (unpaired) electrons. The molecule has 2 aliphatic carbocycles. The van der Waals surface area contributed by atoms with Crippen LogP contribution in [0.15, 0.2) is 54.6 Å². The fourth-order valence-electron chi connectivity index (χ4n) is 6.14. The summed E-state index contributed by atoms with van der Waals surface area (Å²) in [5.74, 6) is 0.935. The van der Waals surface area contributed by atoms with Crippen LogP contribution in [-0.2, 0) is 11.8 Å². The Hall–Kier alpha value is -1.60. The van der Waals surface area contributed by atoms with Gasteiger partial charge in [-0.15, -0.1) is 0 Å². The zero-order valence-electron chi connectivity index (χ0n) is 15.7. The summed E-state index contributed by atoms with van der Waals surface area (Å²) in [5, 5.41) is 11.2. The maximum Gasteiger partial charge on any atom is 0.0823 e. The predicted octanol–water partition coefficient (Wildman–Crippen LogP) is 5.68. The number of aliphatic hydroxyl groups excluding tert-OH is 1. The van der Waals surface area contributed by atoms with Gasteiger partial charge in [0.15, 0.2) is 0 Å². The molecule has 0 unspecified atom stereocenters. The molecule has 0 amide bonds. The molecule has 1 saturated carbocycles. The van der Waals surface area contributed by atoms with E-state index in [1.807, 2.05) is 18.2 Å². The van der Waals surface area contributed by atoms with Crippen LogP contribution in [-0.4, -0.2) is 5.11 Å². The Morgan fingerprint density at radius 2 is 1.60 bits per heavy atom. The van der Waals surface area contributed by atoms with Gasteiger partial charge < -0.3 is 5.11 Å². The van der Waals surface area contributed by atoms with Crippen LogP contribution >= 0.6 is 0 Å². The van der Waals surface area contributed by atoms with Crippen LogP contribution in [0.3, 0.4) is 0 Å². The molecule has 4 atom stereocenters. The second-order valence-electron chi connectivity index (χ2n) is 8.99. The molecule has 25 heavy (non-hydrogen) atoms. The van der Waals surface area contributed by atoms with Gasteiger partial charge in [0.05, 0.1) is 6.10 Å². The molecule has 0 spiro atoms. The molecule has 0 saturated heterocycles. The van der Waals surface area contributed by atoms with Crippen LogP contribution in [0, 0.1) is 17.3 Å². The van der Waals surface area contributed by atoms with Gasteiger partial charge >= 0.3 is 0 Å². The van der Waals surface area contributed by atoms with Gasteiger partial charge in [-0.1, -0.05) is 75.4 Å². The third-order valence-electron chi connectivity index (χ3n) is 7.45. The number of aliphatic hydroxyl groups is 1. The summed E-state index contributed by atoms with van der Waals surface area (Å²) in [4.78, 5) is 0. The first-order chi connectivity index (χ1) is 11.9. The van der Waals surface area contributed by atoms with E-state index in [9.17, 15) is 5.11 Å². The van der Waals surface area contributed by atoms with Crippen molar-refractivity contribution in [2.45, 2.75) is 58.0 Å². The van der Waals surface area contributed by atoms with Gasteiger partial charge in [0.2, 0.25) is 0 Å². The number of hydrogen-bond acceptors (Lipinski definition) is 1. The standard InChI is InChI=1S/C24H30O/c1-23(2)20(22(25)18-10-5-4-6-11-18)15-16-24(3)19-12-8-7-9-17(19)13-14-21(23)24/h4-12,20-22,25H,13-16H2,1-3H3/t20-,21+,22+,24-/m1/s1. The summed E-state index contributed by atoms with van der Waals surface area (Å²) in [6.45, 7) is 7.28. The second kappa shape index (κ2) is 5.99. The Labute approximate surface area is 152 Å². The van der Waals surface area contributed by atoms with Gasteiger partial charge in [-0.2, -0.15) is 0 Å². The molecular formula is C24H30O. The van der Waals surface area contributed by atoms with Crippen molar-refractivity contribution in [1.82, 2.24) is 0 Å². The van der Waals surface area contributed by atoms with Crippen LogP contribution in [0.5, 0.6) is 0 Å². The van der Waals surface area contributed by atoms with Crippen molar-refractivity contribution >= 4 is 0 Å². The largest absolute Gasteiger partial charge is 0.388 e. The van der Waals surface area contributed by atoms with E-state index in [0.29, 0.717) is 11.8 Å². The number of aryl methyl sites for hydroxylation is 1. The van der Waals surface area contributed by atoms with Gasteiger partial charge in [0, 0.05) is 0 Å². The number of rotatable bonds is 2. The molecule has 4 rings (SSSR count). The molecule has 0 heterocycles.